The van der Waals surface area contributed by atoms with Crippen molar-refractivity contribution in [2.45, 2.75) is 39.2 Å². The first-order chi connectivity index (χ1) is 7.63. The lowest BCUT2D eigenvalue weighted by Crippen LogP contribution is -2.08. The third kappa shape index (κ3) is 4.23. The zero-order valence-electron chi connectivity index (χ0n) is 9.70. The molecule has 0 saturated carbocycles. The Morgan fingerprint density at radius 1 is 1.50 bits per heavy atom. The first-order valence-electron chi connectivity index (χ1n) is 5.58. The summed E-state index contributed by atoms with van der Waals surface area (Å²) in [6.07, 6.45) is 2.13. The molecule has 0 saturated heterocycles. The van der Waals surface area contributed by atoms with E-state index in [-0.39, 0.29) is 12.1 Å². The van der Waals surface area contributed by atoms with Gasteiger partial charge in [-0.05, 0) is 31.0 Å². The fraction of sp³-hybridized carbons (Fsp3) is 0.462. The third-order valence-electron chi connectivity index (χ3n) is 2.36. The minimum Gasteiger partial charge on any atom is -0.458 e. The summed E-state index contributed by atoms with van der Waals surface area (Å²) in [5, 5.41) is 0.661. The Morgan fingerprint density at radius 3 is 2.88 bits per heavy atom. The van der Waals surface area contributed by atoms with Crippen LogP contribution in [0.25, 0.3) is 0 Å². The number of hydrogen-bond donors (Lipinski definition) is 0. The number of ether oxygens (including phenoxy) is 1. The predicted molar refractivity (Wildman–Crippen MR) is 65.5 cm³/mol. The molecule has 1 aromatic carbocycles. The van der Waals surface area contributed by atoms with Crippen LogP contribution in [0.5, 0.6) is 0 Å². The molecule has 0 aliphatic carbocycles. The molecule has 2 nitrogen and oxygen atoms in total. The molecule has 0 N–H and O–H groups in total. The van der Waals surface area contributed by atoms with E-state index < -0.39 is 0 Å². The summed E-state index contributed by atoms with van der Waals surface area (Å²) >= 11 is 5.87. The van der Waals surface area contributed by atoms with Gasteiger partial charge in [-0.2, -0.15) is 0 Å². The average molecular weight is 241 g/mol. The summed E-state index contributed by atoms with van der Waals surface area (Å²) in [5.74, 6) is -0.144. The highest BCUT2D eigenvalue weighted by Crippen LogP contribution is 2.21. The van der Waals surface area contributed by atoms with Crippen molar-refractivity contribution in [1.82, 2.24) is 0 Å². The molecule has 16 heavy (non-hydrogen) atoms. The van der Waals surface area contributed by atoms with Crippen molar-refractivity contribution in [3.63, 3.8) is 0 Å². The molecule has 0 amide bonds. The number of unbranched alkanes of at least 4 members (excludes halogenated alkanes) is 1. The van der Waals surface area contributed by atoms with E-state index in [1.165, 1.54) is 0 Å². The van der Waals surface area contributed by atoms with Gasteiger partial charge in [0, 0.05) is 11.4 Å². The number of benzene rings is 1. The molecule has 3 heteroatoms. The summed E-state index contributed by atoms with van der Waals surface area (Å²) in [6, 6.07) is 7.38. The fourth-order valence-corrected chi connectivity index (χ4v) is 1.60. The van der Waals surface area contributed by atoms with Gasteiger partial charge in [-0.25, -0.2) is 0 Å². The van der Waals surface area contributed by atoms with Gasteiger partial charge < -0.3 is 4.74 Å². The van der Waals surface area contributed by atoms with Gasteiger partial charge in [0.2, 0.25) is 0 Å². The highest BCUT2D eigenvalue weighted by atomic mass is 35.5. The molecule has 0 radical (unpaired) electrons. The number of esters is 1. The smallest absolute Gasteiger partial charge is 0.306 e. The second-order valence-corrected chi connectivity index (χ2v) is 4.23. The summed E-state index contributed by atoms with van der Waals surface area (Å²) < 4.78 is 5.30. The Kier molecular flexibility index (Phi) is 5.33. The normalized spacial score (nSPS) is 12.2. The topological polar surface area (TPSA) is 26.3 Å². The highest BCUT2D eigenvalue weighted by Gasteiger charge is 2.11. The number of halogens is 1. The van der Waals surface area contributed by atoms with Gasteiger partial charge in [0.05, 0.1) is 0 Å². The van der Waals surface area contributed by atoms with E-state index >= 15 is 0 Å². The van der Waals surface area contributed by atoms with Gasteiger partial charge in [0.15, 0.2) is 0 Å². The van der Waals surface area contributed by atoms with Crippen LogP contribution in [0.3, 0.4) is 0 Å². The van der Waals surface area contributed by atoms with Crippen LogP contribution < -0.4 is 0 Å². The molecule has 0 aromatic heterocycles. The lowest BCUT2D eigenvalue weighted by molar-refractivity contribution is -0.148. The molecule has 0 aliphatic heterocycles. The van der Waals surface area contributed by atoms with Gasteiger partial charge in [0.1, 0.15) is 6.10 Å². The van der Waals surface area contributed by atoms with Crippen LogP contribution in [0.15, 0.2) is 24.3 Å². The molecular weight excluding hydrogens is 224 g/mol. The van der Waals surface area contributed by atoms with Crippen LogP contribution >= 0.6 is 11.6 Å². The van der Waals surface area contributed by atoms with Crippen molar-refractivity contribution in [1.29, 1.82) is 0 Å². The quantitative estimate of drug-likeness (QED) is 0.724. The van der Waals surface area contributed by atoms with Gasteiger partial charge in [-0.15, -0.1) is 0 Å². The summed E-state index contributed by atoms with van der Waals surface area (Å²) in [6.45, 7) is 3.91. The van der Waals surface area contributed by atoms with E-state index in [2.05, 4.69) is 0 Å². The second kappa shape index (κ2) is 6.54. The molecular formula is C13H17ClO2. The minimum atomic E-state index is -0.233. The number of rotatable bonds is 5. The van der Waals surface area contributed by atoms with Crippen LogP contribution in [0.1, 0.15) is 44.8 Å². The maximum Gasteiger partial charge on any atom is 0.306 e. The molecule has 0 spiro atoms. The summed E-state index contributed by atoms with van der Waals surface area (Å²) in [5.41, 5.74) is 0.928. The van der Waals surface area contributed by atoms with Crippen molar-refractivity contribution in [2.24, 2.45) is 0 Å². The predicted octanol–water partition coefficient (Wildman–Crippen LogP) is 4.13. The van der Waals surface area contributed by atoms with E-state index in [1.807, 2.05) is 32.0 Å². The van der Waals surface area contributed by atoms with E-state index in [1.54, 1.807) is 6.07 Å². The highest BCUT2D eigenvalue weighted by molar-refractivity contribution is 6.30. The lowest BCUT2D eigenvalue weighted by Gasteiger charge is -2.13. The van der Waals surface area contributed by atoms with E-state index in [4.69, 9.17) is 16.3 Å². The van der Waals surface area contributed by atoms with E-state index in [9.17, 15) is 4.79 Å². The van der Waals surface area contributed by atoms with Crippen molar-refractivity contribution in [2.75, 3.05) is 0 Å². The first kappa shape index (κ1) is 13.0. The average Bonchev–Trinajstić information content (AvgIpc) is 2.26. The number of hydrogen-bond acceptors (Lipinski definition) is 2. The Morgan fingerprint density at radius 2 is 2.25 bits per heavy atom. The van der Waals surface area contributed by atoms with Crippen LogP contribution in [-0.4, -0.2) is 5.97 Å². The molecule has 88 valence electrons. The van der Waals surface area contributed by atoms with Gasteiger partial charge in [-0.1, -0.05) is 37.1 Å². The van der Waals surface area contributed by atoms with Crippen molar-refractivity contribution < 1.29 is 9.53 Å². The Balaban J connectivity index is 2.52. The number of carbonyl (C=O) groups excluding carboxylic acids is 1. The Labute approximate surface area is 102 Å². The minimum absolute atomic E-state index is 0.144. The zero-order valence-corrected chi connectivity index (χ0v) is 10.5. The van der Waals surface area contributed by atoms with Crippen molar-refractivity contribution in [3.8, 4) is 0 Å². The third-order valence-corrected chi connectivity index (χ3v) is 2.60. The maximum atomic E-state index is 11.4. The van der Waals surface area contributed by atoms with E-state index in [0.717, 1.165) is 18.4 Å². The molecule has 0 aliphatic rings. The molecule has 1 atom stereocenters. The molecule has 0 fully saturated rings. The standard InChI is InChI=1S/C13H17ClO2/c1-3-4-8-13(15)16-10(2)11-6-5-7-12(14)9-11/h5-7,9-10H,3-4,8H2,1-2H3/t10-/m1/s1. The monoisotopic (exact) mass is 240 g/mol. The molecule has 1 rings (SSSR count). The Bertz CT molecular complexity index is 350. The largest absolute Gasteiger partial charge is 0.458 e. The van der Waals surface area contributed by atoms with Crippen LogP contribution in [0.2, 0.25) is 5.02 Å². The zero-order chi connectivity index (χ0) is 12.0. The Hall–Kier alpha value is -1.02. The lowest BCUT2D eigenvalue weighted by atomic mass is 10.1. The number of carbonyl (C=O) groups is 1. The first-order valence-corrected chi connectivity index (χ1v) is 5.96. The molecule has 0 unspecified atom stereocenters. The van der Waals surface area contributed by atoms with Crippen molar-refractivity contribution in [3.05, 3.63) is 34.9 Å². The van der Waals surface area contributed by atoms with Gasteiger partial charge >= 0.3 is 5.97 Å². The second-order valence-electron chi connectivity index (χ2n) is 3.79. The van der Waals surface area contributed by atoms with Crippen LogP contribution in [0, 0.1) is 0 Å². The maximum absolute atomic E-state index is 11.4. The summed E-state index contributed by atoms with van der Waals surface area (Å²) in [4.78, 5) is 11.4. The van der Waals surface area contributed by atoms with Gasteiger partial charge in [-0.3, -0.25) is 4.79 Å². The van der Waals surface area contributed by atoms with Crippen LogP contribution in [0.4, 0.5) is 0 Å². The fourth-order valence-electron chi connectivity index (χ4n) is 1.40. The van der Waals surface area contributed by atoms with E-state index in [0.29, 0.717) is 11.4 Å². The summed E-state index contributed by atoms with van der Waals surface area (Å²) in [7, 11) is 0. The van der Waals surface area contributed by atoms with Gasteiger partial charge in [0.25, 0.3) is 0 Å². The van der Waals surface area contributed by atoms with Crippen LogP contribution in [-0.2, 0) is 9.53 Å². The SMILES string of the molecule is CCCCC(=O)O[C@H](C)c1cccc(Cl)c1. The molecule has 0 bridgehead atoms. The molecule has 1 aromatic rings. The van der Waals surface area contributed by atoms with Crippen molar-refractivity contribution >= 4 is 17.6 Å². The molecule has 0 heterocycles.